The first-order chi connectivity index (χ1) is 11.7. The Morgan fingerprint density at radius 3 is 2.67 bits per heavy atom. The first-order valence-electron chi connectivity index (χ1n) is 8.91. The van der Waals surface area contributed by atoms with Crippen LogP contribution in [-0.2, 0) is 19.4 Å². The van der Waals surface area contributed by atoms with E-state index in [-0.39, 0.29) is 5.91 Å². The van der Waals surface area contributed by atoms with Crippen LogP contribution in [0.25, 0.3) is 11.3 Å². The summed E-state index contributed by atoms with van der Waals surface area (Å²) in [4.78, 5) is 18.9. The summed E-state index contributed by atoms with van der Waals surface area (Å²) in [6, 6.07) is 2.18. The molecule has 6 heteroatoms. The maximum atomic E-state index is 13.1. The van der Waals surface area contributed by atoms with E-state index in [0.717, 1.165) is 57.7 Å². The van der Waals surface area contributed by atoms with Gasteiger partial charge in [0.1, 0.15) is 0 Å². The second-order valence-corrected chi connectivity index (χ2v) is 7.48. The highest BCUT2D eigenvalue weighted by atomic mass is 32.1. The number of rotatable bonds is 3. The van der Waals surface area contributed by atoms with Crippen molar-refractivity contribution in [1.29, 1.82) is 0 Å². The maximum Gasteiger partial charge on any atom is 0.274 e. The van der Waals surface area contributed by atoms with Crippen molar-refractivity contribution >= 4 is 17.2 Å². The summed E-state index contributed by atoms with van der Waals surface area (Å²) < 4.78 is 2.02. The third-order valence-corrected chi connectivity index (χ3v) is 6.24. The molecule has 1 fully saturated rings. The molecule has 0 bridgehead atoms. The zero-order valence-electron chi connectivity index (χ0n) is 14.4. The standard InChI is InChI=1S/C18H24N4OS/c1-3-20-8-10-21(11-9-20)18(23)16-14-5-6-15-13(7-12-24-15)17(14)22(4-2)19-16/h7,12H,3-6,8-11H2,1-2H3. The molecule has 0 aromatic carbocycles. The van der Waals surface area contributed by atoms with Crippen molar-refractivity contribution < 1.29 is 4.79 Å². The van der Waals surface area contributed by atoms with Crippen LogP contribution in [0.15, 0.2) is 11.4 Å². The Bertz CT molecular complexity index is 755. The summed E-state index contributed by atoms with van der Waals surface area (Å²) >= 11 is 1.81. The van der Waals surface area contributed by atoms with Gasteiger partial charge in [-0.25, -0.2) is 0 Å². The van der Waals surface area contributed by atoms with E-state index in [0.29, 0.717) is 5.69 Å². The van der Waals surface area contributed by atoms with Crippen LogP contribution in [0.3, 0.4) is 0 Å². The summed E-state index contributed by atoms with van der Waals surface area (Å²) in [7, 11) is 0. The Morgan fingerprint density at radius 1 is 1.17 bits per heavy atom. The van der Waals surface area contributed by atoms with Gasteiger partial charge < -0.3 is 9.80 Å². The van der Waals surface area contributed by atoms with Crippen molar-refractivity contribution in [3.63, 3.8) is 0 Å². The Kier molecular flexibility index (Phi) is 4.18. The average molecular weight is 344 g/mol. The number of aromatic nitrogens is 2. The van der Waals surface area contributed by atoms with E-state index in [1.54, 1.807) is 0 Å². The second-order valence-electron chi connectivity index (χ2n) is 6.48. The average Bonchev–Trinajstić information content (AvgIpc) is 3.24. The number of nitrogens with zero attached hydrogens (tertiary/aromatic N) is 4. The summed E-state index contributed by atoms with van der Waals surface area (Å²) in [6.45, 7) is 9.68. The van der Waals surface area contributed by atoms with Gasteiger partial charge in [-0.1, -0.05) is 6.92 Å². The van der Waals surface area contributed by atoms with Gasteiger partial charge in [-0.15, -0.1) is 11.3 Å². The molecule has 2 aliphatic rings. The molecule has 0 atom stereocenters. The SMILES string of the molecule is CCN1CCN(C(=O)c2nn(CC)c3c2CCc2sccc2-3)CC1. The van der Waals surface area contributed by atoms with Crippen LogP contribution in [-0.4, -0.2) is 58.2 Å². The van der Waals surface area contributed by atoms with Gasteiger partial charge >= 0.3 is 0 Å². The molecule has 1 aliphatic carbocycles. The van der Waals surface area contributed by atoms with Crippen LogP contribution >= 0.6 is 11.3 Å². The molecular weight excluding hydrogens is 320 g/mol. The number of piperazine rings is 1. The number of hydrogen-bond acceptors (Lipinski definition) is 4. The number of hydrogen-bond donors (Lipinski definition) is 0. The largest absolute Gasteiger partial charge is 0.335 e. The number of amides is 1. The fourth-order valence-corrected chi connectivity index (χ4v) is 4.72. The Hall–Kier alpha value is -1.66. The molecule has 24 heavy (non-hydrogen) atoms. The van der Waals surface area contributed by atoms with E-state index in [9.17, 15) is 4.79 Å². The zero-order chi connectivity index (χ0) is 16.7. The molecular formula is C18H24N4OS. The lowest BCUT2D eigenvalue weighted by Gasteiger charge is -2.33. The molecule has 0 unspecified atom stereocenters. The van der Waals surface area contributed by atoms with Crippen molar-refractivity contribution in [1.82, 2.24) is 19.6 Å². The van der Waals surface area contributed by atoms with Crippen LogP contribution in [0.5, 0.6) is 0 Å². The number of aryl methyl sites for hydroxylation is 2. The van der Waals surface area contributed by atoms with Gasteiger partial charge in [0, 0.05) is 48.7 Å². The molecule has 5 nitrogen and oxygen atoms in total. The lowest BCUT2D eigenvalue weighted by molar-refractivity contribution is 0.0635. The molecule has 0 spiro atoms. The van der Waals surface area contributed by atoms with Crippen molar-refractivity contribution in [2.45, 2.75) is 33.2 Å². The number of fused-ring (bicyclic) bond motifs is 3. The molecule has 4 rings (SSSR count). The number of thiophene rings is 1. The number of likely N-dealkylation sites (N-methyl/N-ethyl adjacent to an activating group) is 1. The van der Waals surface area contributed by atoms with Crippen molar-refractivity contribution in [2.24, 2.45) is 0 Å². The number of carbonyl (C=O) groups excluding carboxylic acids is 1. The van der Waals surface area contributed by atoms with Gasteiger partial charge in [0.15, 0.2) is 5.69 Å². The van der Waals surface area contributed by atoms with Crippen LogP contribution in [0, 0.1) is 0 Å². The third kappa shape index (κ3) is 2.48. The van der Waals surface area contributed by atoms with Crippen LogP contribution in [0.1, 0.15) is 34.8 Å². The molecule has 1 saturated heterocycles. The zero-order valence-corrected chi connectivity index (χ0v) is 15.2. The monoisotopic (exact) mass is 344 g/mol. The van der Waals surface area contributed by atoms with Crippen LogP contribution in [0.2, 0.25) is 0 Å². The van der Waals surface area contributed by atoms with Gasteiger partial charge in [0.05, 0.1) is 5.69 Å². The van der Waals surface area contributed by atoms with Crippen molar-refractivity contribution in [2.75, 3.05) is 32.7 Å². The van der Waals surface area contributed by atoms with E-state index in [4.69, 9.17) is 5.10 Å². The summed E-state index contributed by atoms with van der Waals surface area (Å²) in [5.41, 5.74) is 4.31. The van der Waals surface area contributed by atoms with Gasteiger partial charge in [0.2, 0.25) is 0 Å². The highest BCUT2D eigenvalue weighted by Crippen LogP contribution is 2.38. The van der Waals surface area contributed by atoms with Gasteiger partial charge in [-0.05, 0) is 37.8 Å². The fourth-order valence-electron chi connectivity index (χ4n) is 3.84. The van der Waals surface area contributed by atoms with Crippen LogP contribution in [0.4, 0.5) is 0 Å². The van der Waals surface area contributed by atoms with E-state index < -0.39 is 0 Å². The molecule has 0 radical (unpaired) electrons. The molecule has 2 aromatic heterocycles. The Labute approximate surface area is 146 Å². The third-order valence-electron chi connectivity index (χ3n) is 5.26. The molecule has 0 N–H and O–H groups in total. The maximum absolute atomic E-state index is 13.1. The van der Waals surface area contributed by atoms with Crippen molar-refractivity contribution in [3.8, 4) is 11.3 Å². The van der Waals surface area contributed by atoms with Gasteiger partial charge in [0.25, 0.3) is 5.91 Å². The van der Waals surface area contributed by atoms with Crippen molar-refractivity contribution in [3.05, 3.63) is 27.6 Å². The highest BCUT2D eigenvalue weighted by Gasteiger charge is 2.31. The van der Waals surface area contributed by atoms with Crippen LogP contribution < -0.4 is 0 Å². The molecule has 128 valence electrons. The van der Waals surface area contributed by atoms with E-state index >= 15 is 0 Å². The lowest BCUT2D eigenvalue weighted by Crippen LogP contribution is -2.48. The first-order valence-corrected chi connectivity index (χ1v) is 9.79. The number of carbonyl (C=O) groups is 1. The highest BCUT2D eigenvalue weighted by molar-refractivity contribution is 7.10. The molecule has 3 heterocycles. The van der Waals surface area contributed by atoms with E-state index in [2.05, 4.69) is 30.2 Å². The predicted octanol–water partition coefficient (Wildman–Crippen LogP) is 2.51. The molecule has 1 amide bonds. The summed E-state index contributed by atoms with van der Waals surface area (Å²) in [6.07, 6.45) is 1.96. The van der Waals surface area contributed by atoms with E-state index in [1.165, 1.54) is 16.1 Å². The molecule has 2 aromatic rings. The second kappa shape index (κ2) is 6.33. The summed E-state index contributed by atoms with van der Waals surface area (Å²) in [5.74, 6) is 0.118. The topological polar surface area (TPSA) is 41.4 Å². The fraction of sp³-hybridized carbons (Fsp3) is 0.556. The normalized spacial score (nSPS) is 17.7. The predicted molar refractivity (Wildman–Crippen MR) is 96.6 cm³/mol. The van der Waals surface area contributed by atoms with Gasteiger partial charge in [-0.2, -0.15) is 5.10 Å². The van der Waals surface area contributed by atoms with E-state index in [1.807, 2.05) is 20.9 Å². The molecule has 1 aliphatic heterocycles. The minimum absolute atomic E-state index is 0.118. The molecule has 0 saturated carbocycles. The first kappa shape index (κ1) is 15.8. The smallest absolute Gasteiger partial charge is 0.274 e. The van der Waals surface area contributed by atoms with Gasteiger partial charge in [-0.3, -0.25) is 9.48 Å². The summed E-state index contributed by atoms with van der Waals surface area (Å²) in [5, 5.41) is 6.87. The Balaban J connectivity index is 1.67. The lowest BCUT2D eigenvalue weighted by atomic mass is 9.94. The minimum atomic E-state index is 0.118. The minimum Gasteiger partial charge on any atom is -0.335 e. The quantitative estimate of drug-likeness (QED) is 0.859. The Morgan fingerprint density at radius 2 is 1.96 bits per heavy atom.